The molecule has 1 aromatic carbocycles. The second kappa shape index (κ2) is 7.12. The van der Waals surface area contributed by atoms with Crippen molar-refractivity contribution in [3.63, 3.8) is 0 Å². The van der Waals surface area contributed by atoms with Crippen molar-refractivity contribution < 1.29 is 4.74 Å². The van der Waals surface area contributed by atoms with E-state index in [4.69, 9.17) is 4.74 Å². The molecule has 1 aromatic heterocycles. The van der Waals surface area contributed by atoms with E-state index in [-0.39, 0.29) is 0 Å². The van der Waals surface area contributed by atoms with Crippen LogP contribution in [0.5, 0.6) is 5.75 Å². The molecule has 2 fully saturated rings. The van der Waals surface area contributed by atoms with Crippen LogP contribution in [0.4, 0.5) is 0 Å². The molecule has 0 amide bonds. The number of hydrogen-bond acceptors (Lipinski definition) is 4. The highest BCUT2D eigenvalue weighted by atomic mass is 16.5. The normalized spacial score (nSPS) is 28.1. The van der Waals surface area contributed by atoms with E-state index in [1.54, 1.807) is 7.11 Å². The Bertz CT molecular complexity index is 698. The van der Waals surface area contributed by atoms with Crippen molar-refractivity contribution in [1.82, 2.24) is 15.3 Å². The molecule has 0 radical (unpaired) electrons. The third-order valence-electron chi connectivity index (χ3n) is 6.06. The van der Waals surface area contributed by atoms with Gasteiger partial charge in [-0.1, -0.05) is 25.0 Å². The van der Waals surface area contributed by atoms with Crippen LogP contribution < -0.4 is 10.1 Å². The van der Waals surface area contributed by atoms with Gasteiger partial charge in [-0.2, -0.15) is 0 Å². The molecule has 132 valence electrons. The van der Waals surface area contributed by atoms with Gasteiger partial charge in [0.25, 0.3) is 0 Å². The smallest absolute Gasteiger partial charge is 0.125 e. The lowest BCUT2D eigenvalue weighted by atomic mass is 9.53. The van der Waals surface area contributed by atoms with Gasteiger partial charge >= 0.3 is 0 Å². The van der Waals surface area contributed by atoms with Crippen molar-refractivity contribution in [2.75, 3.05) is 7.11 Å². The topological polar surface area (TPSA) is 47.0 Å². The molecule has 2 saturated carbocycles. The number of fused-ring (bicyclic) bond motifs is 1. The van der Waals surface area contributed by atoms with Gasteiger partial charge < -0.3 is 10.1 Å². The molecule has 4 atom stereocenters. The molecule has 1 N–H and O–H groups in total. The van der Waals surface area contributed by atoms with E-state index in [0.717, 1.165) is 30.0 Å². The summed E-state index contributed by atoms with van der Waals surface area (Å²) in [6, 6.07) is 9.24. The van der Waals surface area contributed by atoms with Crippen molar-refractivity contribution >= 4 is 0 Å². The summed E-state index contributed by atoms with van der Waals surface area (Å²) in [5.74, 6) is 4.02. The molecule has 0 spiro atoms. The molecule has 0 unspecified atom stereocenters. The Morgan fingerprint density at radius 1 is 1.04 bits per heavy atom. The first-order valence-electron chi connectivity index (χ1n) is 9.41. The highest BCUT2D eigenvalue weighted by Gasteiger charge is 2.50. The number of hydrogen-bond donors (Lipinski definition) is 1. The van der Waals surface area contributed by atoms with Crippen molar-refractivity contribution in [2.45, 2.75) is 51.1 Å². The first-order chi connectivity index (χ1) is 12.3. The second-order valence-electron chi connectivity index (χ2n) is 7.46. The van der Waals surface area contributed by atoms with E-state index in [1.165, 1.54) is 36.8 Å². The van der Waals surface area contributed by atoms with Crippen LogP contribution in [-0.4, -0.2) is 23.1 Å². The first-order valence-corrected chi connectivity index (χ1v) is 9.41. The van der Waals surface area contributed by atoms with Crippen molar-refractivity contribution in [3.8, 4) is 5.75 Å². The minimum Gasteiger partial charge on any atom is -0.497 e. The van der Waals surface area contributed by atoms with Crippen LogP contribution in [0.2, 0.25) is 0 Å². The Kier molecular flexibility index (Phi) is 4.71. The number of aryl methyl sites for hydroxylation is 1. The zero-order valence-corrected chi connectivity index (χ0v) is 15.1. The summed E-state index contributed by atoms with van der Waals surface area (Å²) in [6.45, 7) is 2.77. The number of nitrogens with one attached hydrogen (secondary N) is 1. The van der Waals surface area contributed by atoms with Gasteiger partial charge in [-0.3, -0.25) is 0 Å². The van der Waals surface area contributed by atoms with E-state index in [9.17, 15) is 0 Å². The maximum atomic E-state index is 5.32. The Labute approximate surface area is 150 Å². The fraction of sp³-hybridized carbons (Fsp3) is 0.524. The lowest BCUT2D eigenvalue weighted by molar-refractivity contribution is 0.0253. The van der Waals surface area contributed by atoms with Crippen LogP contribution in [0, 0.1) is 18.8 Å². The molecule has 0 saturated heterocycles. The van der Waals surface area contributed by atoms with Gasteiger partial charge in [0.1, 0.15) is 11.6 Å². The Morgan fingerprint density at radius 3 is 2.40 bits per heavy atom. The molecule has 2 aliphatic carbocycles. The van der Waals surface area contributed by atoms with Crippen molar-refractivity contribution in [1.29, 1.82) is 0 Å². The molecule has 2 aromatic rings. The second-order valence-corrected chi connectivity index (χ2v) is 7.46. The Hall–Kier alpha value is -1.94. The van der Waals surface area contributed by atoms with E-state index >= 15 is 0 Å². The molecular weight excluding hydrogens is 310 g/mol. The third-order valence-corrected chi connectivity index (χ3v) is 6.06. The fourth-order valence-corrected chi connectivity index (χ4v) is 4.77. The third kappa shape index (κ3) is 3.28. The van der Waals surface area contributed by atoms with E-state index in [1.807, 2.05) is 19.3 Å². The molecule has 4 rings (SSSR count). The largest absolute Gasteiger partial charge is 0.497 e. The van der Waals surface area contributed by atoms with E-state index in [2.05, 4.69) is 39.6 Å². The highest BCUT2D eigenvalue weighted by Crippen LogP contribution is 2.54. The lowest BCUT2D eigenvalue weighted by Gasteiger charge is -2.55. The summed E-state index contributed by atoms with van der Waals surface area (Å²) in [5.41, 5.74) is 2.61. The predicted octanol–water partition coefficient (Wildman–Crippen LogP) is 3.86. The van der Waals surface area contributed by atoms with Gasteiger partial charge in [0, 0.05) is 36.5 Å². The quantitative estimate of drug-likeness (QED) is 0.900. The number of rotatable bonds is 5. The van der Waals surface area contributed by atoms with E-state index < -0.39 is 0 Å². The van der Waals surface area contributed by atoms with Gasteiger partial charge in [0.2, 0.25) is 0 Å². The van der Waals surface area contributed by atoms with E-state index in [0.29, 0.717) is 12.0 Å². The van der Waals surface area contributed by atoms with Crippen LogP contribution >= 0.6 is 0 Å². The van der Waals surface area contributed by atoms with Crippen LogP contribution in [-0.2, 0) is 6.54 Å². The SMILES string of the molecule is COc1ccc([C@H]2[C@@H]3CCCC[C@@H]3[C@@H]2NCc2cnc(C)nc2)cc1. The molecule has 2 aliphatic rings. The number of benzene rings is 1. The maximum Gasteiger partial charge on any atom is 0.125 e. The van der Waals surface area contributed by atoms with Crippen LogP contribution in [0.15, 0.2) is 36.7 Å². The molecule has 0 bridgehead atoms. The van der Waals surface area contributed by atoms with Gasteiger partial charge in [0.05, 0.1) is 7.11 Å². The molecule has 25 heavy (non-hydrogen) atoms. The summed E-state index contributed by atoms with van der Waals surface area (Å²) >= 11 is 0. The molecule has 4 heteroatoms. The van der Waals surface area contributed by atoms with Crippen molar-refractivity contribution in [2.24, 2.45) is 11.8 Å². The fourth-order valence-electron chi connectivity index (χ4n) is 4.77. The molecule has 1 heterocycles. The average molecular weight is 337 g/mol. The average Bonchev–Trinajstić information content (AvgIpc) is 2.65. The zero-order valence-electron chi connectivity index (χ0n) is 15.1. The Morgan fingerprint density at radius 2 is 1.72 bits per heavy atom. The Balaban J connectivity index is 1.49. The summed E-state index contributed by atoms with van der Waals surface area (Å²) in [5, 5.41) is 3.82. The van der Waals surface area contributed by atoms with Gasteiger partial charge in [-0.05, 0) is 49.3 Å². The summed E-state index contributed by atoms with van der Waals surface area (Å²) < 4.78 is 5.32. The summed E-state index contributed by atoms with van der Waals surface area (Å²) in [4.78, 5) is 8.63. The monoisotopic (exact) mass is 337 g/mol. The molecule has 4 nitrogen and oxygen atoms in total. The minimum absolute atomic E-state index is 0.556. The standard InChI is InChI=1S/C21H27N3O/c1-14-22-11-15(12-23-14)13-24-21-19-6-4-3-5-18(19)20(21)16-7-9-17(25-2)10-8-16/h7-12,18-21,24H,3-6,13H2,1-2H3/t18-,19+,20+,21+/m1/s1. The zero-order chi connectivity index (χ0) is 17.2. The number of ether oxygens (including phenoxy) is 1. The molecule has 0 aliphatic heterocycles. The minimum atomic E-state index is 0.556. The van der Waals surface area contributed by atoms with Gasteiger partial charge in [0.15, 0.2) is 0 Å². The van der Waals surface area contributed by atoms with Crippen molar-refractivity contribution in [3.05, 3.63) is 53.6 Å². The highest BCUT2D eigenvalue weighted by molar-refractivity contribution is 5.33. The summed E-state index contributed by atoms with van der Waals surface area (Å²) in [7, 11) is 1.73. The molecular formula is C21H27N3O. The number of methoxy groups -OCH3 is 1. The number of aromatic nitrogens is 2. The first kappa shape index (κ1) is 16.5. The van der Waals surface area contributed by atoms with Crippen LogP contribution in [0.3, 0.4) is 0 Å². The lowest BCUT2D eigenvalue weighted by Crippen LogP contribution is -2.57. The maximum absolute atomic E-state index is 5.32. The predicted molar refractivity (Wildman–Crippen MR) is 98.6 cm³/mol. The number of nitrogens with zero attached hydrogens (tertiary/aromatic N) is 2. The van der Waals surface area contributed by atoms with Crippen LogP contribution in [0.1, 0.15) is 48.6 Å². The van der Waals surface area contributed by atoms with Crippen LogP contribution in [0.25, 0.3) is 0 Å². The van der Waals surface area contributed by atoms with Gasteiger partial charge in [-0.25, -0.2) is 9.97 Å². The summed E-state index contributed by atoms with van der Waals surface area (Å²) in [6.07, 6.45) is 9.37. The van der Waals surface area contributed by atoms with Gasteiger partial charge in [-0.15, -0.1) is 0 Å².